The topological polar surface area (TPSA) is 178 Å². The molecule has 92 valence electrons. The fourth-order valence-electron chi connectivity index (χ4n) is 0.402. The van der Waals surface area contributed by atoms with Crippen molar-refractivity contribution in [1.82, 2.24) is 0 Å². The minimum absolute atomic E-state index is 0. The Morgan fingerprint density at radius 2 is 1.50 bits per heavy atom. The van der Waals surface area contributed by atoms with E-state index in [1.807, 2.05) is 0 Å². The summed E-state index contributed by atoms with van der Waals surface area (Å²) < 4.78 is 8.88. The standard InChI is InChI=1S/C5H9NO4.Na.H3O4P.H/c6-3(5(9)10)1-2-4(7)8;;1-5(2,3)4;/h3H,1-2,6H2,(H,7,8)(H,9,10);;(H3,1,2,3,4);. The van der Waals surface area contributed by atoms with Crippen LogP contribution in [0.2, 0.25) is 0 Å². The van der Waals surface area contributed by atoms with E-state index in [0.29, 0.717) is 0 Å². The average molecular weight is 269 g/mol. The number of nitrogens with two attached hydrogens (primary N) is 1. The van der Waals surface area contributed by atoms with Crippen molar-refractivity contribution in [2.24, 2.45) is 5.73 Å². The van der Waals surface area contributed by atoms with Crippen molar-refractivity contribution < 1.29 is 39.0 Å². The molecule has 0 heterocycles. The molecule has 0 aromatic rings. The van der Waals surface area contributed by atoms with E-state index >= 15 is 0 Å². The molecule has 0 fully saturated rings. The zero-order valence-electron chi connectivity index (χ0n) is 7.48. The summed E-state index contributed by atoms with van der Waals surface area (Å²) in [7, 11) is -4.64. The van der Waals surface area contributed by atoms with Gasteiger partial charge in [-0.15, -0.1) is 0 Å². The molecule has 16 heavy (non-hydrogen) atoms. The summed E-state index contributed by atoms with van der Waals surface area (Å²) in [5, 5.41) is 16.3. The molecular weight excluding hydrogens is 256 g/mol. The maximum absolute atomic E-state index is 9.99. The number of hydrogen-bond acceptors (Lipinski definition) is 4. The van der Waals surface area contributed by atoms with Gasteiger partial charge in [0, 0.05) is 6.42 Å². The minimum atomic E-state index is -4.64. The molecule has 0 aromatic heterocycles. The molecule has 1 atom stereocenters. The fourth-order valence-corrected chi connectivity index (χ4v) is 0.402. The molecule has 0 radical (unpaired) electrons. The Labute approximate surface area is 113 Å². The molecule has 0 amide bonds. The first-order chi connectivity index (χ1) is 6.54. The van der Waals surface area contributed by atoms with Crippen molar-refractivity contribution in [3.05, 3.63) is 0 Å². The van der Waals surface area contributed by atoms with E-state index in [9.17, 15) is 9.59 Å². The number of carboxylic acids is 2. The molecule has 0 rings (SSSR count). The van der Waals surface area contributed by atoms with Crippen LogP contribution < -0.4 is 5.73 Å². The van der Waals surface area contributed by atoms with E-state index < -0.39 is 25.8 Å². The van der Waals surface area contributed by atoms with Crippen LogP contribution in [-0.4, -0.2) is 72.4 Å². The van der Waals surface area contributed by atoms with Crippen LogP contribution in [-0.2, 0) is 14.2 Å². The summed E-state index contributed by atoms with van der Waals surface area (Å²) in [6.45, 7) is 0. The number of carbonyl (C=O) groups is 2. The van der Waals surface area contributed by atoms with Gasteiger partial charge in [-0.05, 0) is 6.42 Å². The van der Waals surface area contributed by atoms with Crippen LogP contribution in [0.3, 0.4) is 0 Å². The van der Waals surface area contributed by atoms with Gasteiger partial charge in [0.1, 0.15) is 6.04 Å². The summed E-state index contributed by atoms with van der Waals surface area (Å²) in [6.07, 6.45) is -0.224. The van der Waals surface area contributed by atoms with E-state index in [0.717, 1.165) is 0 Å². The number of rotatable bonds is 4. The molecule has 0 aliphatic heterocycles. The van der Waals surface area contributed by atoms with Crippen molar-refractivity contribution >= 4 is 49.3 Å². The maximum atomic E-state index is 9.99. The average Bonchev–Trinajstić information content (AvgIpc) is 1.96. The second-order valence-electron chi connectivity index (χ2n) is 2.39. The quantitative estimate of drug-likeness (QED) is 0.241. The van der Waals surface area contributed by atoms with E-state index in [1.165, 1.54) is 0 Å². The second-order valence-corrected chi connectivity index (χ2v) is 3.42. The van der Waals surface area contributed by atoms with E-state index in [-0.39, 0.29) is 42.4 Å². The molecule has 0 aliphatic carbocycles. The summed E-state index contributed by atoms with van der Waals surface area (Å²) >= 11 is 0. The Kier molecular flexibility index (Phi) is 13.6. The van der Waals surface area contributed by atoms with Gasteiger partial charge in [0.2, 0.25) is 0 Å². The van der Waals surface area contributed by atoms with Gasteiger partial charge in [-0.25, -0.2) is 4.57 Å². The Morgan fingerprint density at radius 1 is 1.19 bits per heavy atom. The first-order valence-electron chi connectivity index (χ1n) is 3.52. The molecule has 1 unspecified atom stereocenters. The van der Waals surface area contributed by atoms with Crippen molar-refractivity contribution in [1.29, 1.82) is 0 Å². The van der Waals surface area contributed by atoms with Gasteiger partial charge >= 0.3 is 49.3 Å². The van der Waals surface area contributed by atoms with Crippen molar-refractivity contribution in [3.63, 3.8) is 0 Å². The monoisotopic (exact) mass is 269 g/mol. The van der Waals surface area contributed by atoms with Gasteiger partial charge < -0.3 is 30.6 Å². The molecule has 11 heteroatoms. The van der Waals surface area contributed by atoms with Gasteiger partial charge in [0.05, 0.1) is 0 Å². The number of carboxylic acid groups (broad SMARTS) is 2. The molecule has 9 nitrogen and oxygen atoms in total. The van der Waals surface area contributed by atoms with Gasteiger partial charge in [0.25, 0.3) is 0 Å². The zero-order valence-corrected chi connectivity index (χ0v) is 8.37. The number of hydrogen-bond donors (Lipinski definition) is 6. The first kappa shape index (κ1) is 21.3. The normalized spacial score (nSPS) is 11.5. The van der Waals surface area contributed by atoms with Crippen LogP contribution in [0.15, 0.2) is 0 Å². The fraction of sp³-hybridized carbons (Fsp3) is 0.600. The van der Waals surface area contributed by atoms with Crippen LogP contribution in [0.4, 0.5) is 0 Å². The predicted octanol–water partition coefficient (Wildman–Crippen LogP) is -2.31. The van der Waals surface area contributed by atoms with E-state index in [1.54, 1.807) is 0 Å². The van der Waals surface area contributed by atoms with E-state index in [4.69, 9.17) is 35.2 Å². The van der Waals surface area contributed by atoms with Crippen LogP contribution in [0.25, 0.3) is 0 Å². The molecule has 0 aliphatic rings. The Morgan fingerprint density at radius 3 is 1.69 bits per heavy atom. The van der Waals surface area contributed by atoms with Gasteiger partial charge in [-0.2, -0.15) is 0 Å². The molecular formula is C5H13NNaO8P. The van der Waals surface area contributed by atoms with E-state index in [2.05, 4.69) is 0 Å². The predicted molar refractivity (Wildman–Crippen MR) is 53.9 cm³/mol. The summed E-state index contributed by atoms with van der Waals surface area (Å²) in [5.74, 6) is -2.20. The third kappa shape index (κ3) is 29.2. The third-order valence-electron chi connectivity index (χ3n) is 0.986. The Balaban J connectivity index is -0.000000242. The molecule has 0 saturated heterocycles. The van der Waals surface area contributed by atoms with Gasteiger partial charge in [-0.1, -0.05) is 0 Å². The van der Waals surface area contributed by atoms with Crippen molar-refractivity contribution in [2.75, 3.05) is 0 Å². The van der Waals surface area contributed by atoms with Crippen molar-refractivity contribution in [3.8, 4) is 0 Å². The van der Waals surface area contributed by atoms with Crippen molar-refractivity contribution in [2.45, 2.75) is 18.9 Å². The SMILES string of the molecule is NC(CCC(=O)O)C(=O)O.O=P(O)(O)O.[NaH]. The first-order valence-corrected chi connectivity index (χ1v) is 5.09. The van der Waals surface area contributed by atoms with Crippen LogP contribution in [0.5, 0.6) is 0 Å². The Hall–Kier alpha value is 0.01000. The molecule has 0 aromatic carbocycles. The Bertz CT molecular complexity index is 257. The number of phosphoric acid groups is 1. The summed E-state index contributed by atoms with van der Waals surface area (Å²) in [6, 6.07) is -1.06. The van der Waals surface area contributed by atoms with Gasteiger partial charge in [0.15, 0.2) is 0 Å². The molecule has 0 spiro atoms. The van der Waals surface area contributed by atoms with Crippen LogP contribution in [0.1, 0.15) is 12.8 Å². The summed E-state index contributed by atoms with van der Waals surface area (Å²) in [5.41, 5.74) is 5.00. The van der Waals surface area contributed by atoms with Gasteiger partial charge in [-0.3, -0.25) is 9.59 Å². The second kappa shape index (κ2) is 10.2. The molecule has 0 bridgehead atoms. The molecule has 0 saturated carbocycles. The van der Waals surface area contributed by atoms with Crippen LogP contribution in [0, 0.1) is 0 Å². The summed E-state index contributed by atoms with van der Waals surface area (Å²) in [4.78, 5) is 41.4. The number of aliphatic carboxylic acids is 2. The van der Waals surface area contributed by atoms with Crippen LogP contribution >= 0.6 is 7.82 Å². The zero-order chi connectivity index (χ0) is 12.6. The third-order valence-corrected chi connectivity index (χ3v) is 0.986. The molecule has 7 N–H and O–H groups in total.